The van der Waals surface area contributed by atoms with Gasteiger partial charge in [-0.15, -0.1) is 4.91 Å². The highest BCUT2D eigenvalue weighted by Crippen LogP contribution is 2.47. The number of rotatable bonds is 4. The van der Waals surface area contributed by atoms with E-state index < -0.39 is 24.4 Å². The molecule has 33 heavy (non-hydrogen) atoms. The third kappa shape index (κ3) is 4.06. The molecule has 5 nitrogen and oxygen atoms in total. The summed E-state index contributed by atoms with van der Waals surface area (Å²) in [5.41, 5.74) is 5.57. The van der Waals surface area contributed by atoms with E-state index in [-0.39, 0.29) is 10.8 Å². The van der Waals surface area contributed by atoms with Crippen molar-refractivity contribution in [3.8, 4) is 0 Å². The number of aromatic nitrogens is 1. The molecule has 176 valence electrons. The Kier molecular flexibility index (Phi) is 5.65. The highest BCUT2D eigenvalue weighted by Gasteiger charge is 2.51. The van der Waals surface area contributed by atoms with Gasteiger partial charge in [0.05, 0.1) is 16.9 Å². The van der Waals surface area contributed by atoms with E-state index in [4.69, 9.17) is 9.31 Å². The maximum absolute atomic E-state index is 12.1. The van der Waals surface area contributed by atoms with E-state index in [9.17, 15) is 4.91 Å². The zero-order valence-electron chi connectivity index (χ0n) is 21.6. The molecule has 2 heterocycles. The van der Waals surface area contributed by atoms with Gasteiger partial charge in [-0.1, -0.05) is 51.1 Å². The van der Waals surface area contributed by atoms with Crippen LogP contribution in [0.1, 0.15) is 102 Å². The standard InChI is InChI=1S/C27H37BN2O3/c1-17-14-20-21(25(4,5)13-12-24(20,2)3)15-19(17)23(30-31)22-11-10-18(16-29-22)28-32-26(6,7)27(8,9)33-28/h10-11,14-16,23H,12-13H2,1-9H3. The molecule has 1 aliphatic heterocycles. The van der Waals surface area contributed by atoms with Crippen LogP contribution >= 0.6 is 0 Å². The van der Waals surface area contributed by atoms with Crippen molar-refractivity contribution in [3.63, 3.8) is 0 Å². The maximum atomic E-state index is 12.1. The van der Waals surface area contributed by atoms with Crippen LogP contribution in [0.3, 0.4) is 0 Å². The average molecular weight is 448 g/mol. The summed E-state index contributed by atoms with van der Waals surface area (Å²) < 4.78 is 12.3. The summed E-state index contributed by atoms with van der Waals surface area (Å²) in [5, 5.41) is 3.52. The fraction of sp³-hybridized carbons (Fsp3) is 0.593. The topological polar surface area (TPSA) is 60.8 Å². The van der Waals surface area contributed by atoms with Crippen LogP contribution in [0, 0.1) is 11.8 Å². The Morgan fingerprint density at radius 2 is 1.45 bits per heavy atom. The molecule has 1 aliphatic carbocycles. The molecule has 1 saturated heterocycles. The van der Waals surface area contributed by atoms with Crippen molar-refractivity contribution in [2.45, 2.75) is 103 Å². The van der Waals surface area contributed by atoms with E-state index in [0.717, 1.165) is 29.4 Å². The van der Waals surface area contributed by atoms with Gasteiger partial charge in [-0.3, -0.25) is 4.98 Å². The summed E-state index contributed by atoms with van der Waals surface area (Å²) in [6.07, 6.45) is 4.02. The number of hydrogen-bond acceptors (Lipinski definition) is 5. The Labute approximate surface area is 198 Å². The maximum Gasteiger partial charge on any atom is 0.496 e. The molecule has 2 aromatic rings. The molecule has 0 saturated carbocycles. The molecule has 0 bridgehead atoms. The molecule has 1 unspecified atom stereocenters. The molecule has 0 N–H and O–H groups in total. The van der Waals surface area contributed by atoms with Gasteiger partial charge in [-0.25, -0.2) is 0 Å². The number of nitroso groups, excluding NO2 is 1. The Bertz CT molecular complexity index is 1060. The van der Waals surface area contributed by atoms with Crippen LogP contribution < -0.4 is 5.46 Å². The summed E-state index contributed by atoms with van der Waals surface area (Å²) >= 11 is 0. The Morgan fingerprint density at radius 3 is 1.94 bits per heavy atom. The first-order valence-electron chi connectivity index (χ1n) is 12.0. The van der Waals surface area contributed by atoms with E-state index in [2.05, 4.69) is 56.9 Å². The van der Waals surface area contributed by atoms with E-state index in [1.807, 2.05) is 39.8 Å². The zero-order valence-corrected chi connectivity index (χ0v) is 21.6. The first-order chi connectivity index (χ1) is 15.2. The van der Waals surface area contributed by atoms with Gasteiger partial charge in [-0.2, -0.15) is 0 Å². The lowest BCUT2D eigenvalue weighted by Gasteiger charge is -2.42. The zero-order chi connectivity index (χ0) is 24.4. The van der Waals surface area contributed by atoms with Gasteiger partial charge in [0.1, 0.15) is 0 Å². The second-order valence-electron chi connectivity index (χ2n) is 12.1. The van der Waals surface area contributed by atoms with Crippen LogP contribution in [0.2, 0.25) is 0 Å². The first-order valence-corrected chi connectivity index (χ1v) is 12.0. The number of fused-ring (bicyclic) bond motifs is 1. The van der Waals surface area contributed by atoms with Crippen LogP contribution in [0.5, 0.6) is 0 Å². The van der Waals surface area contributed by atoms with Crippen LogP contribution in [0.4, 0.5) is 0 Å². The Balaban J connectivity index is 1.68. The smallest absolute Gasteiger partial charge is 0.399 e. The molecular formula is C27H37BN2O3. The second kappa shape index (κ2) is 7.74. The summed E-state index contributed by atoms with van der Waals surface area (Å²) in [6, 6.07) is 7.64. The number of hydrogen-bond donors (Lipinski definition) is 0. The number of aryl methyl sites for hydroxylation is 1. The highest BCUT2D eigenvalue weighted by atomic mass is 16.7. The van der Waals surface area contributed by atoms with Crippen molar-refractivity contribution in [2.75, 3.05) is 0 Å². The normalized spacial score (nSPS) is 23.1. The van der Waals surface area contributed by atoms with Crippen molar-refractivity contribution in [1.82, 2.24) is 4.98 Å². The summed E-state index contributed by atoms with van der Waals surface area (Å²) in [5.74, 6) is 0. The molecule has 1 fully saturated rings. The van der Waals surface area contributed by atoms with Gasteiger partial charge in [0.15, 0.2) is 6.04 Å². The average Bonchev–Trinajstić information content (AvgIpc) is 2.94. The monoisotopic (exact) mass is 448 g/mol. The van der Waals surface area contributed by atoms with Crippen LogP contribution in [0.25, 0.3) is 0 Å². The van der Waals surface area contributed by atoms with Crippen molar-refractivity contribution >= 4 is 12.6 Å². The fourth-order valence-corrected chi connectivity index (χ4v) is 5.00. The van der Waals surface area contributed by atoms with Crippen molar-refractivity contribution in [2.24, 2.45) is 5.18 Å². The second-order valence-corrected chi connectivity index (χ2v) is 12.1. The van der Waals surface area contributed by atoms with E-state index in [1.165, 1.54) is 11.1 Å². The lowest BCUT2D eigenvalue weighted by Crippen LogP contribution is -2.41. The van der Waals surface area contributed by atoms with Crippen LogP contribution in [0.15, 0.2) is 35.6 Å². The molecule has 1 atom stereocenters. The molecule has 1 aromatic carbocycles. The van der Waals surface area contributed by atoms with E-state index in [0.29, 0.717) is 5.69 Å². The molecule has 0 spiro atoms. The molecule has 0 amide bonds. The SMILES string of the molecule is Cc1cc2c(cc1C(N=O)c1ccc(B3OC(C)(C)C(C)(C)O3)cn1)C(C)(C)CCC2(C)C. The van der Waals surface area contributed by atoms with Crippen molar-refractivity contribution in [3.05, 3.63) is 63.3 Å². The predicted molar refractivity (Wildman–Crippen MR) is 134 cm³/mol. The third-order valence-corrected chi connectivity index (χ3v) is 8.25. The highest BCUT2D eigenvalue weighted by molar-refractivity contribution is 6.62. The molecule has 6 heteroatoms. The van der Waals surface area contributed by atoms with Gasteiger partial charge in [0, 0.05) is 11.7 Å². The molecule has 0 radical (unpaired) electrons. The molecule has 4 rings (SSSR count). The summed E-state index contributed by atoms with van der Waals surface area (Å²) in [6.45, 7) is 19.4. The fourth-order valence-electron chi connectivity index (χ4n) is 5.00. The van der Waals surface area contributed by atoms with E-state index >= 15 is 0 Å². The largest absolute Gasteiger partial charge is 0.496 e. The predicted octanol–water partition coefficient (Wildman–Crippen LogP) is 5.89. The minimum atomic E-state index is -0.650. The number of nitrogens with zero attached hydrogens (tertiary/aromatic N) is 2. The molecular weight excluding hydrogens is 411 g/mol. The summed E-state index contributed by atoms with van der Waals surface area (Å²) in [4.78, 5) is 16.7. The van der Waals surface area contributed by atoms with Gasteiger partial charge in [0.2, 0.25) is 0 Å². The minimum absolute atomic E-state index is 0.0643. The van der Waals surface area contributed by atoms with E-state index in [1.54, 1.807) is 6.20 Å². The molecule has 1 aromatic heterocycles. The Hall–Kier alpha value is -2.05. The van der Waals surface area contributed by atoms with Gasteiger partial charge in [0.25, 0.3) is 0 Å². The number of benzene rings is 1. The van der Waals surface area contributed by atoms with Gasteiger partial charge >= 0.3 is 7.12 Å². The van der Waals surface area contributed by atoms with Gasteiger partial charge in [-0.05, 0) is 86.6 Å². The lowest BCUT2D eigenvalue weighted by atomic mass is 9.62. The first kappa shape index (κ1) is 24.1. The van der Waals surface area contributed by atoms with Crippen LogP contribution in [-0.2, 0) is 20.1 Å². The van der Waals surface area contributed by atoms with Crippen LogP contribution in [-0.4, -0.2) is 23.3 Å². The lowest BCUT2D eigenvalue weighted by molar-refractivity contribution is 0.00578. The summed E-state index contributed by atoms with van der Waals surface area (Å²) in [7, 11) is -0.479. The molecule has 2 aliphatic rings. The Morgan fingerprint density at radius 1 is 0.909 bits per heavy atom. The quantitative estimate of drug-likeness (QED) is 0.432. The third-order valence-electron chi connectivity index (χ3n) is 8.25. The van der Waals surface area contributed by atoms with Crippen molar-refractivity contribution < 1.29 is 9.31 Å². The van der Waals surface area contributed by atoms with Crippen molar-refractivity contribution in [1.29, 1.82) is 0 Å². The number of pyridine rings is 1. The van der Waals surface area contributed by atoms with Gasteiger partial charge < -0.3 is 9.31 Å². The minimum Gasteiger partial charge on any atom is -0.399 e.